The van der Waals surface area contributed by atoms with E-state index in [2.05, 4.69) is 5.32 Å². The van der Waals surface area contributed by atoms with Crippen LogP contribution in [0.5, 0.6) is 5.75 Å². The molecule has 106 valence electrons. The van der Waals surface area contributed by atoms with Crippen molar-refractivity contribution in [3.63, 3.8) is 0 Å². The molecule has 2 aromatic rings. The van der Waals surface area contributed by atoms with Crippen LogP contribution >= 0.6 is 0 Å². The van der Waals surface area contributed by atoms with Crippen LogP contribution in [0.25, 0.3) is 0 Å². The molecule has 0 saturated heterocycles. The SMILES string of the molecule is Cc1cc(F)ccc1NC(=O)COc1ccc(C#N)cc1. The molecule has 4 nitrogen and oxygen atoms in total. The highest BCUT2D eigenvalue weighted by molar-refractivity contribution is 5.92. The molecule has 0 atom stereocenters. The Morgan fingerprint density at radius 2 is 2.00 bits per heavy atom. The van der Waals surface area contributed by atoms with Crippen molar-refractivity contribution in [3.8, 4) is 11.8 Å². The van der Waals surface area contributed by atoms with Gasteiger partial charge in [-0.15, -0.1) is 0 Å². The van der Waals surface area contributed by atoms with E-state index < -0.39 is 0 Å². The van der Waals surface area contributed by atoms with Gasteiger partial charge < -0.3 is 10.1 Å². The van der Waals surface area contributed by atoms with Crippen LogP contribution in [-0.2, 0) is 4.79 Å². The zero-order valence-electron chi connectivity index (χ0n) is 11.4. The molecule has 0 aliphatic carbocycles. The molecule has 2 rings (SSSR count). The van der Waals surface area contributed by atoms with Crippen LogP contribution in [0, 0.1) is 24.1 Å². The van der Waals surface area contributed by atoms with Crippen molar-refractivity contribution in [2.75, 3.05) is 11.9 Å². The lowest BCUT2D eigenvalue weighted by Gasteiger charge is -2.09. The number of rotatable bonds is 4. The summed E-state index contributed by atoms with van der Waals surface area (Å²) in [6.45, 7) is 1.54. The number of carbonyl (C=O) groups excluding carboxylic acids is 1. The maximum absolute atomic E-state index is 13.0. The monoisotopic (exact) mass is 284 g/mol. The summed E-state index contributed by atoms with van der Waals surface area (Å²) < 4.78 is 18.3. The summed E-state index contributed by atoms with van der Waals surface area (Å²) in [6, 6.07) is 12.6. The van der Waals surface area contributed by atoms with E-state index in [1.807, 2.05) is 6.07 Å². The minimum Gasteiger partial charge on any atom is -0.484 e. The van der Waals surface area contributed by atoms with Crippen LogP contribution in [0.4, 0.5) is 10.1 Å². The van der Waals surface area contributed by atoms with E-state index in [9.17, 15) is 9.18 Å². The van der Waals surface area contributed by atoms with Crippen molar-refractivity contribution < 1.29 is 13.9 Å². The molecule has 5 heteroatoms. The van der Waals surface area contributed by atoms with Crippen LogP contribution < -0.4 is 10.1 Å². The first-order chi connectivity index (χ1) is 10.1. The normalized spacial score (nSPS) is 9.76. The highest BCUT2D eigenvalue weighted by atomic mass is 19.1. The van der Waals surface area contributed by atoms with Crippen LogP contribution in [-0.4, -0.2) is 12.5 Å². The molecule has 0 spiro atoms. The molecule has 0 aliphatic rings. The number of aryl methyl sites for hydroxylation is 1. The number of carbonyl (C=O) groups is 1. The fourth-order valence-corrected chi connectivity index (χ4v) is 1.73. The summed E-state index contributed by atoms with van der Waals surface area (Å²) in [4.78, 5) is 11.8. The van der Waals surface area contributed by atoms with Crippen LogP contribution in [0.3, 0.4) is 0 Å². The number of nitrogens with one attached hydrogen (secondary N) is 1. The topological polar surface area (TPSA) is 62.1 Å². The van der Waals surface area contributed by atoms with Gasteiger partial charge in [0.1, 0.15) is 11.6 Å². The fraction of sp³-hybridized carbons (Fsp3) is 0.125. The van der Waals surface area contributed by atoms with E-state index in [1.165, 1.54) is 18.2 Å². The van der Waals surface area contributed by atoms with Gasteiger partial charge in [-0.3, -0.25) is 4.79 Å². The molecule has 1 amide bonds. The maximum Gasteiger partial charge on any atom is 0.262 e. The second kappa shape index (κ2) is 6.53. The Morgan fingerprint density at radius 3 is 2.62 bits per heavy atom. The zero-order chi connectivity index (χ0) is 15.2. The summed E-state index contributed by atoms with van der Waals surface area (Å²) in [7, 11) is 0. The molecule has 21 heavy (non-hydrogen) atoms. The van der Waals surface area contributed by atoms with Crippen molar-refractivity contribution >= 4 is 11.6 Å². The predicted octanol–water partition coefficient (Wildman–Crippen LogP) is 3.02. The van der Waals surface area contributed by atoms with E-state index in [4.69, 9.17) is 10.00 Å². The number of hydrogen-bond donors (Lipinski definition) is 1. The summed E-state index contributed by atoms with van der Waals surface area (Å²) in [5, 5.41) is 11.3. The standard InChI is InChI=1S/C16H13FN2O2/c1-11-8-13(17)4-7-15(11)19-16(20)10-21-14-5-2-12(9-18)3-6-14/h2-8H,10H2,1H3,(H,19,20). The van der Waals surface area contributed by atoms with Crippen molar-refractivity contribution in [3.05, 3.63) is 59.4 Å². The van der Waals surface area contributed by atoms with E-state index in [1.54, 1.807) is 31.2 Å². The Labute approximate surface area is 121 Å². The van der Waals surface area contributed by atoms with Crippen LogP contribution in [0.2, 0.25) is 0 Å². The lowest BCUT2D eigenvalue weighted by molar-refractivity contribution is -0.118. The molecular formula is C16H13FN2O2. The molecule has 0 radical (unpaired) electrons. The van der Waals surface area contributed by atoms with Crippen molar-refractivity contribution in [1.82, 2.24) is 0 Å². The van der Waals surface area contributed by atoms with Crippen molar-refractivity contribution in [1.29, 1.82) is 5.26 Å². The first-order valence-corrected chi connectivity index (χ1v) is 6.27. The number of nitriles is 1. The minimum atomic E-state index is -0.348. The fourth-order valence-electron chi connectivity index (χ4n) is 1.73. The minimum absolute atomic E-state index is 0.164. The third-order valence-corrected chi connectivity index (χ3v) is 2.82. The van der Waals surface area contributed by atoms with Crippen LogP contribution in [0.15, 0.2) is 42.5 Å². The number of amides is 1. The Morgan fingerprint density at radius 1 is 1.29 bits per heavy atom. The van der Waals surface area contributed by atoms with Gasteiger partial charge in [0.05, 0.1) is 11.6 Å². The molecule has 0 aliphatic heterocycles. The first-order valence-electron chi connectivity index (χ1n) is 6.27. The van der Waals surface area contributed by atoms with Gasteiger partial charge in [-0.1, -0.05) is 0 Å². The van der Waals surface area contributed by atoms with Crippen molar-refractivity contribution in [2.24, 2.45) is 0 Å². The van der Waals surface area contributed by atoms with E-state index >= 15 is 0 Å². The highest BCUT2D eigenvalue weighted by Crippen LogP contribution is 2.16. The molecule has 1 N–H and O–H groups in total. The molecule has 0 aromatic heterocycles. The average molecular weight is 284 g/mol. The maximum atomic E-state index is 13.0. The lowest BCUT2D eigenvalue weighted by Crippen LogP contribution is -2.20. The molecule has 2 aromatic carbocycles. The second-order valence-electron chi connectivity index (χ2n) is 4.43. The third-order valence-electron chi connectivity index (χ3n) is 2.82. The van der Waals surface area contributed by atoms with E-state index in [0.717, 1.165) is 0 Å². The van der Waals surface area contributed by atoms with Gasteiger partial charge in [-0.25, -0.2) is 4.39 Å². The van der Waals surface area contributed by atoms with E-state index in [-0.39, 0.29) is 18.3 Å². The number of hydrogen-bond acceptors (Lipinski definition) is 3. The molecule has 0 bridgehead atoms. The molecule has 0 heterocycles. The number of halogens is 1. The van der Waals surface area contributed by atoms with Gasteiger partial charge in [-0.05, 0) is 55.0 Å². The third kappa shape index (κ3) is 4.05. The molecule has 0 unspecified atom stereocenters. The summed E-state index contributed by atoms with van der Waals surface area (Å²) in [5.41, 5.74) is 1.71. The van der Waals surface area contributed by atoms with Gasteiger partial charge in [0.2, 0.25) is 0 Å². The number of ether oxygens (including phenoxy) is 1. The smallest absolute Gasteiger partial charge is 0.262 e. The Kier molecular flexibility index (Phi) is 4.52. The first kappa shape index (κ1) is 14.5. The lowest BCUT2D eigenvalue weighted by atomic mass is 10.2. The number of anilines is 1. The average Bonchev–Trinajstić information content (AvgIpc) is 2.48. The Hall–Kier alpha value is -2.87. The quantitative estimate of drug-likeness (QED) is 0.938. The number of nitrogens with zero attached hydrogens (tertiary/aromatic N) is 1. The van der Waals surface area contributed by atoms with E-state index in [0.29, 0.717) is 22.6 Å². The second-order valence-corrected chi connectivity index (χ2v) is 4.43. The largest absolute Gasteiger partial charge is 0.484 e. The molecular weight excluding hydrogens is 271 g/mol. The van der Waals surface area contributed by atoms with Crippen molar-refractivity contribution in [2.45, 2.75) is 6.92 Å². The Balaban J connectivity index is 1.91. The highest BCUT2D eigenvalue weighted by Gasteiger charge is 2.06. The Bertz CT molecular complexity index is 690. The molecule has 0 fully saturated rings. The van der Waals surface area contributed by atoms with Gasteiger partial charge in [-0.2, -0.15) is 5.26 Å². The zero-order valence-corrected chi connectivity index (χ0v) is 11.4. The number of benzene rings is 2. The van der Waals surface area contributed by atoms with Gasteiger partial charge in [0.25, 0.3) is 5.91 Å². The summed E-state index contributed by atoms with van der Waals surface area (Å²) in [5.74, 6) is -0.187. The van der Waals surface area contributed by atoms with Gasteiger partial charge in [0.15, 0.2) is 6.61 Å². The van der Waals surface area contributed by atoms with Gasteiger partial charge >= 0.3 is 0 Å². The molecule has 0 saturated carbocycles. The predicted molar refractivity (Wildman–Crippen MR) is 76.4 cm³/mol. The van der Waals surface area contributed by atoms with Crippen LogP contribution in [0.1, 0.15) is 11.1 Å². The van der Waals surface area contributed by atoms with Gasteiger partial charge in [0, 0.05) is 5.69 Å². The summed E-state index contributed by atoms with van der Waals surface area (Å²) >= 11 is 0. The summed E-state index contributed by atoms with van der Waals surface area (Å²) in [6.07, 6.45) is 0.